The summed E-state index contributed by atoms with van der Waals surface area (Å²) in [5, 5.41) is 3.28. The first kappa shape index (κ1) is 16.1. The summed E-state index contributed by atoms with van der Waals surface area (Å²) in [5.41, 5.74) is 0.853. The lowest BCUT2D eigenvalue weighted by atomic mass is 10.3. The van der Waals surface area contributed by atoms with E-state index in [0.29, 0.717) is 31.4 Å². The molecule has 1 aliphatic heterocycles. The molecule has 3 rings (SSSR count). The molecular weight excluding hydrogens is 334 g/mol. The minimum absolute atomic E-state index is 0.0498. The molecule has 1 N–H and O–H groups in total. The van der Waals surface area contributed by atoms with E-state index in [9.17, 15) is 9.59 Å². The van der Waals surface area contributed by atoms with Gasteiger partial charge >= 0.3 is 0 Å². The number of rotatable bonds is 3. The Morgan fingerprint density at radius 1 is 1.26 bits per heavy atom. The summed E-state index contributed by atoms with van der Waals surface area (Å²) in [7, 11) is 0. The molecule has 6 nitrogen and oxygen atoms in total. The van der Waals surface area contributed by atoms with Crippen molar-refractivity contribution < 1.29 is 14.3 Å². The molecule has 1 fully saturated rings. The maximum absolute atomic E-state index is 12.5. The van der Waals surface area contributed by atoms with E-state index in [1.54, 1.807) is 0 Å². The number of nitrogens with one attached hydrogen (secondary N) is 1. The molecule has 0 saturated carbocycles. The summed E-state index contributed by atoms with van der Waals surface area (Å²) in [5.74, 6) is -0.0894. The average molecular weight is 351 g/mol. The molecule has 0 radical (unpaired) electrons. The fourth-order valence-electron chi connectivity index (χ4n) is 2.33. The molecule has 0 atom stereocenters. The smallest absolute Gasteiger partial charge is 0.264 e. The van der Waals surface area contributed by atoms with Crippen molar-refractivity contribution in [2.45, 2.75) is 13.8 Å². The molecule has 2 aromatic heterocycles. The summed E-state index contributed by atoms with van der Waals surface area (Å²) < 4.78 is 5.28. The summed E-state index contributed by atoms with van der Waals surface area (Å²) in [4.78, 5) is 32.5. The quantitative estimate of drug-likeness (QED) is 0.923. The third-order valence-corrected chi connectivity index (χ3v) is 5.74. The monoisotopic (exact) mass is 351 g/mol. The van der Waals surface area contributed by atoms with Crippen molar-refractivity contribution in [3.63, 3.8) is 0 Å². The van der Waals surface area contributed by atoms with E-state index in [4.69, 9.17) is 4.74 Å². The minimum atomic E-state index is -0.139. The molecule has 1 aliphatic rings. The lowest BCUT2D eigenvalue weighted by molar-refractivity contribution is -0.114. The molecule has 0 spiro atoms. The van der Waals surface area contributed by atoms with Gasteiger partial charge in [0, 0.05) is 24.9 Å². The molecule has 0 aliphatic carbocycles. The summed E-state index contributed by atoms with van der Waals surface area (Å²) in [6.07, 6.45) is 0. The SMILES string of the molecule is CC(=O)Nc1nc(C)c(-c2ccc(C(=O)N3CCOCC3)s2)s1. The van der Waals surface area contributed by atoms with Gasteiger partial charge in [0.1, 0.15) is 0 Å². The van der Waals surface area contributed by atoms with Gasteiger partial charge in [-0.25, -0.2) is 4.98 Å². The number of thiazole rings is 1. The van der Waals surface area contributed by atoms with E-state index in [2.05, 4.69) is 10.3 Å². The molecule has 1 saturated heterocycles. The van der Waals surface area contributed by atoms with Gasteiger partial charge in [-0.15, -0.1) is 11.3 Å². The molecule has 2 amide bonds. The van der Waals surface area contributed by atoms with E-state index in [0.717, 1.165) is 20.3 Å². The van der Waals surface area contributed by atoms with Crippen LogP contribution in [0.1, 0.15) is 22.3 Å². The second-order valence-corrected chi connectivity index (χ2v) is 7.27. The highest BCUT2D eigenvalue weighted by Crippen LogP contribution is 2.37. The largest absolute Gasteiger partial charge is 0.378 e. The minimum Gasteiger partial charge on any atom is -0.378 e. The Balaban J connectivity index is 1.80. The summed E-state index contributed by atoms with van der Waals surface area (Å²) >= 11 is 2.88. The number of ether oxygens (including phenoxy) is 1. The van der Waals surface area contributed by atoms with Crippen LogP contribution in [0, 0.1) is 6.92 Å². The number of carbonyl (C=O) groups excluding carboxylic acids is 2. The summed E-state index contributed by atoms with van der Waals surface area (Å²) in [6.45, 7) is 5.83. The van der Waals surface area contributed by atoms with Gasteiger partial charge in [-0.3, -0.25) is 9.59 Å². The van der Waals surface area contributed by atoms with E-state index < -0.39 is 0 Å². The highest BCUT2D eigenvalue weighted by atomic mass is 32.1. The number of morpholine rings is 1. The fraction of sp³-hybridized carbons (Fsp3) is 0.400. The lowest BCUT2D eigenvalue weighted by Gasteiger charge is -2.26. The van der Waals surface area contributed by atoms with Crippen molar-refractivity contribution in [1.82, 2.24) is 9.88 Å². The van der Waals surface area contributed by atoms with Crippen LogP contribution in [-0.4, -0.2) is 48.0 Å². The maximum atomic E-state index is 12.5. The zero-order chi connectivity index (χ0) is 16.4. The zero-order valence-electron chi connectivity index (χ0n) is 12.9. The topological polar surface area (TPSA) is 71.5 Å². The Kier molecular flexibility index (Phi) is 4.74. The Morgan fingerprint density at radius 2 is 2.00 bits per heavy atom. The van der Waals surface area contributed by atoms with E-state index in [1.807, 2.05) is 24.0 Å². The molecule has 8 heteroatoms. The van der Waals surface area contributed by atoms with Gasteiger partial charge in [0.25, 0.3) is 5.91 Å². The number of hydrogen-bond donors (Lipinski definition) is 1. The number of amides is 2. The molecule has 2 aromatic rings. The van der Waals surface area contributed by atoms with Gasteiger partial charge in [0.2, 0.25) is 5.91 Å². The number of hydrogen-bond acceptors (Lipinski definition) is 6. The first-order chi connectivity index (χ1) is 11.0. The second kappa shape index (κ2) is 6.77. The number of anilines is 1. The van der Waals surface area contributed by atoms with Crippen LogP contribution in [0.3, 0.4) is 0 Å². The highest BCUT2D eigenvalue weighted by molar-refractivity contribution is 7.24. The molecular formula is C15H17N3O3S2. The molecule has 122 valence electrons. The first-order valence-corrected chi connectivity index (χ1v) is 8.90. The van der Waals surface area contributed by atoms with Crippen LogP contribution in [0.5, 0.6) is 0 Å². The number of aromatic nitrogens is 1. The number of nitrogens with zero attached hydrogens (tertiary/aromatic N) is 2. The van der Waals surface area contributed by atoms with Crippen molar-refractivity contribution in [2.24, 2.45) is 0 Å². The van der Waals surface area contributed by atoms with Crippen LogP contribution in [0.2, 0.25) is 0 Å². The number of thiophene rings is 1. The average Bonchev–Trinajstić information content (AvgIpc) is 3.13. The number of aryl methyl sites for hydroxylation is 1. The third-order valence-electron chi connectivity index (χ3n) is 3.42. The zero-order valence-corrected chi connectivity index (χ0v) is 14.6. The first-order valence-electron chi connectivity index (χ1n) is 7.27. The van der Waals surface area contributed by atoms with Crippen molar-refractivity contribution in [2.75, 3.05) is 31.6 Å². The normalized spacial score (nSPS) is 14.8. The standard InChI is InChI=1S/C15H17N3O3S2/c1-9-13(23-15(16-9)17-10(2)19)11-3-4-12(22-11)14(20)18-5-7-21-8-6-18/h3-4H,5-8H2,1-2H3,(H,16,17,19). The van der Waals surface area contributed by atoms with Gasteiger partial charge in [-0.05, 0) is 19.1 Å². The highest BCUT2D eigenvalue weighted by Gasteiger charge is 2.21. The van der Waals surface area contributed by atoms with Crippen LogP contribution < -0.4 is 5.32 Å². The van der Waals surface area contributed by atoms with E-state index in [1.165, 1.54) is 29.6 Å². The Bertz CT molecular complexity index is 732. The predicted molar refractivity (Wildman–Crippen MR) is 91.2 cm³/mol. The second-order valence-electron chi connectivity index (χ2n) is 5.18. The van der Waals surface area contributed by atoms with E-state index in [-0.39, 0.29) is 11.8 Å². The van der Waals surface area contributed by atoms with Gasteiger partial charge in [0.05, 0.1) is 28.7 Å². The summed E-state index contributed by atoms with van der Waals surface area (Å²) in [6, 6.07) is 3.80. The Morgan fingerprint density at radius 3 is 2.70 bits per heavy atom. The number of carbonyl (C=O) groups is 2. The predicted octanol–water partition coefficient (Wildman–Crippen LogP) is 2.61. The van der Waals surface area contributed by atoms with Crippen molar-refractivity contribution in [3.05, 3.63) is 22.7 Å². The van der Waals surface area contributed by atoms with Crippen LogP contribution in [-0.2, 0) is 9.53 Å². The van der Waals surface area contributed by atoms with Crippen molar-refractivity contribution in [3.8, 4) is 9.75 Å². The van der Waals surface area contributed by atoms with Crippen LogP contribution >= 0.6 is 22.7 Å². The molecule has 3 heterocycles. The molecule has 0 aromatic carbocycles. The lowest BCUT2D eigenvalue weighted by Crippen LogP contribution is -2.40. The third kappa shape index (κ3) is 3.60. The molecule has 23 heavy (non-hydrogen) atoms. The van der Waals surface area contributed by atoms with Gasteiger partial charge in [-0.2, -0.15) is 0 Å². The van der Waals surface area contributed by atoms with E-state index >= 15 is 0 Å². The Labute approximate surface area is 142 Å². The van der Waals surface area contributed by atoms with Crippen LogP contribution in [0.25, 0.3) is 9.75 Å². The van der Waals surface area contributed by atoms with Crippen LogP contribution in [0.4, 0.5) is 5.13 Å². The van der Waals surface area contributed by atoms with Crippen LogP contribution in [0.15, 0.2) is 12.1 Å². The molecule has 0 unspecified atom stereocenters. The fourth-order valence-corrected chi connectivity index (χ4v) is 4.47. The Hall–Kier alpha value is -1.77. The van der Waals surface area contributed by atoms with Gasteiger partial charge in [-0.1, -0.05) is 11.3 Å². The maximum Gasteiger partial charge on any atom is 0.264 e. The van der Waals surface area contributed by atoms with Gasteiger partial charge < -0.3 is 15.0 Å². The molecule has 0 bridgehead atoms. The van der Waals surface area contributed by atoms with Crippen molar-refractivity contribution >= 4 is 39.6 Å². The van der Waals surface area contributed by atoms with Crippen molar-refractivity contribution in [1.29, 1.82) is 0 Å². The van der Waals surface area contributed by atoms with Gasteiger partial charge in [0.15, 0.2) is 5.13 Å².